The Balaban J connectivity index is 1.22. The number of nitrogens with zero attached hydrogens (tertiary/aromatic N) is 2. The number of para-hydroxylation sites is 1. The molecule has 1 aliphatic rings. The third-order valence-corrected chi connectivity index (χ3v) is 5.17. The number of amides is 1. The first-order valence-electron chi connectivity index (χ1n) is 9.85. The molecule has 1 aliphatic heterocycles. The summed E-state index contributed by atoms with van der Waals surface area (Å²) in [4.78, 5) is 17.1. The highest BCUT2D eigenvalue weighted by molar-refractivity contribution is 5.92. The maximum atomic E-state index is 13.0. The van der Waals surface area contributed by atoms with Gasteiger partial charge in [-0.05, 0) is 48.5 Å². The quantitative estimate of drug-likeness (QED) is 0.695. The van der Waals surface area contributed by atoms with E-state index in [0.29, 0.717) is 12.3 Å². The molecule has 6 heteroatoms. The Kier molecular flexibility index (Phi) is 5.91. The molecular weight excluding hydrogens is 369 g/mol. The van der Waals surface area contributed by atoms with Gasteiger partial charge in [0.15, 0.2) is 5.76 Å². The normalized spacial score (nSPS) is 14.7. The van der Waals surface area contributed by atoms with Crippen molar-refractivity contribution < 1.29 is 13.6 Å². The minimum absolute atomic E-state index is 0.235. The van der Waals surface area contributed by atoms with E-state index in [0.717, 1.165) is 38.3 Å². The van der Waals surface area contributed by atoms with Crippen molar-refractivity contribution in [2.24, 2.45) is 0 Å². The molecule has 2 heterocycles. The molecule has 3 aromatic rings. The molecule has 1 N–H and O–H groups in total. The van der Waals surface area contributed by atoms with Gasteiger partial charge in [-0.3, -0.25) is 9.69 Å². The first-order chi connectivity index (χ1) is 14.2. The summed E-state index contributed by atoms with van der Waals surface area (Å²) < 4.78 is 18.7. The summed E-state index contributed by atoms with van der Waals surface area (Å²) in [7, 11) is 0. The van der Waals surface area contributed by atoms with E-state index in [1.807, 2.05) is 6.07 Å². The van der Waals surface area contributed by atoms with Gasteiger partial charge in [0, 0.05) is 50.5 Å². The Bertz CT molecular complexity index is 932. The third-order valence-electron chi connectivity index (χ3n) is 5.17. The fourth-order valence-electron chi connectivity index (χ4n) is 3.51. The van der Waals surface area contributed by atoms with Crippen molar-refractivity contribution in [1.82, 2.24) is 10.2 Å². The van der Waals surface area contributed by atoms with E-state index in [1.165, 1.54) is 17.8 Å². The molecule has 0 aliphatic carbocycles. The van der Waals surface area contributed by atoms with Crippen LogP contribution in [0.4, 0.5) is 10.1 Å². The molecule has 29 heavy (non-hydrogen) atoms. The van der Waals surface area contributed by atoms with Gasteiger partial charge in [-0.1, -0.05) is 18.2 Å². The maximum absolute atomic E-state index is 13.0. The van der Waals surface area contributed by atoms with Crippen LogP contribution in [0.1, 0.15) is 10.6 Å². The Morgan fingerprint density at radius 3 is 2.38 bits per heavy atom. The molecule has 0 saturated carbocycles. The molecular formula is C23H24FN3O2. The highest BCUT2D eigenvalue weighted by Gasteiger charge is 2.17. The second kappa shape index (κ2) is 8.92. The van der Waals surface area contributed by atoms with Crippen molar-refractivity contribution in [2.75, 3.05) is 44.2 Å². The van der Waals surface area contributed by atoms with E-state index < -0.39 is 0 Å². The highest BCUT2D eigenvalue weighted by atomic mass is 19.1. The Labute approximate surface area is 169 Å². The number of halogens is 1. The van der Waals surface area contributed by atoms with Crippen molar-refractivity contribution in [3.8, 4) is 11.3 Å². The molecule has 5 nitrogen and oxygen atoms in total. The molecule has 0 atom stereocenters. The van der Waals surface area contributed by atoms with Gasteiger partial charge in [-0.15, -0.1) is 0 Å². The zero-order chi connectivity index (χ0) is 20.1. The molecule has 0 unspecified atom stereocenters. The number of carbonyl (C=O) groups excluding carboxylic acids is 1. The van der Waals surface area contributed by atoms with Crippen LogP contribution in [-0.4, -0.2) is 50.1 Å². The van der Waals surface area contributed by atoms with Gasteiger partial charge in [0.05, 0.1) is 0 Å². The molecule has 150 valence electrons. The largest absolute Gasteiger partial charge is 0.451 e. The smallest absolute Gasteiger partial charge is 0.287 e. The second-order valence-electron chi connectivity index (χ2n) is 7.09. The van der Waals surface area contributed by atoms with Crippen molar-refractivity contribution in [2.45, 2.75) is 0 Å². The number of rotatable bonds is 6. The lowest BCUT2D eigenvalue weighted by Gasteiger charge is -2.36. The average Bonchev–Trinajstić information content (AvgIpc) is 3.26. The molecule has 1 saturated heterocycles. The Hall–Kier alpha value is -3.12. The van der Waals surface area contributed by atoms with E-state index in [2.05, 4.69) is 39.4 Å². The number of hydrogen-bond acceptors (Lipinski definition) is 4. The van der Waals surface area contributed by atoms with Crippen LogP contribution >= 0.6 is 0 Å². The summed E-state index contributed by atoms with van der Waals surface area (Å²) in [5.74, 6) is 0.273. The summed E-state index contributed by atoms with van der Waals surface area (Å²) in [5.41, 5.74) is 2.00. The van der Waals surface area contributed by atoms with E-state index in [-0.39, 0.29) is 17.5 Å². The van der Waals surface area contributed by atoms with E-state index in [1.54, 1.807) is 24.3 Å². The van der Waals surface area contributed by atoms with E-state index in [4.69, 9.17) is 4.42 Å². The first-order valence-corrected chi connectivity index (χ1v) is 9.85. The number of anilines is 1. The topological polar surface area (TPSA) is 48.7 Å². The lowest BCUT2D eigenvalue weighted by atomic mass is 10.2. The van der Waals surface area contributed by atoms with Crippen LogP contribution in [0.15, 0.2) is 71.1 Å². The predicted octanol–water partition coefficient (Wildman–Crippen LogP) is 3.64. The minimum atomic E-state index is -0.303. The molecule has 2 aromatic carbocycles. The fraction of sp³-hybridized carbons (Fsp3) is 0.261. The van der Waals surface area contributed by atoms with Crippen LogP contribution in [0.25, 0.3) is 11.3 Å². The van der Waals surface area contributed by atoms with Gasteiger partial charge in [-0.2, -0.15) is 0 Å². The lowest BCUT2D eigenvalue weighted by Crippen LogP contribution is -2.48. The van der Waals surface area contributed by atoms with E-state index in [9.17, 15) is 9.18 Å². The molecule has 1 fully saturated rings. The SMILES string of the molecule is O=C(NCCN1CCN(c2ccccc2)CC1)c1ccc(-c2ccc(F)cc2)o1. The molecule has 1 amide bonds. The van der Waals surface area contributed by atoms with Gasteiger partial charge in [0.1, 0.15) is 11.6 Å². The molecule has 1 aromatic heterocycles. The van der Waals surface area contributed by atoms with Gasteiger partial charge >= 0.3 is 0 Å². The predicted molar refractivity (Wildman–Crippen MR) is 112 cm³/mol. The van der Waals surface area contributed by atoms with Gasteiger partial charge in [-0.25, -0.2) is 4.39 Å². The number of hydrogen-bond donors (Lipinski definition) is 1. The lowest BCUT2D eigenvalue weighted by molar-refractivity contribution is 0.0921. The summed E-state index contributed by atoms with van der Waals surface area (Å²) in [5, 5.41) is 2.92. The van der Waals surface area contributed by atoms with Crippen LogP contribution in [-0.2, 0) is 0 Å². The standard InChI is InChI=1S/C23H24FN3O2/c24-19-8-6-18(7-9-19)21-10-11-22(29-21)23(28)25-12-13-26-14-16-27(17-15-26)20-4-2-1-3-5-20/h1-11H,12-17H2,(H,25,28). The highest BCUT2D eigenvalue weighted by Crippen LogP contribution is 2.22. The van der Waals surface area contributed by atoms with Crippen molar-refractivity contribution in [3.05, 3.63) is 78.3 Å². The average molecular weight is 393 g/mol. The van der Waals surface area contributed by atoms with Crippen LogP contribution < -0.4 is 10.2 Å². The van der Waals surface area contributed by atoms with Crippen LogP contribution in [0.5, 0.6) is 0 Å². The van der Waals surface area contributed by atoms with Gasteiger partial charge < -0.3 is 14.6 Å². The van der Waals surface area contributed by atoms with Crippen LogP contribution in [0.3, 0.4) is 0 Å². The molecule has 0 radical (unpaired) electrons. The van der Waals surface area contributed by atoms with Gasteiger partial charge in [0.2, 0.25) is 0 Å². The van der Waals surface area contributed by atoms with Crippen molar-refractivity contribution in [3.63, 3.8) is 0 Å². The molecule has 4 rings (SSSR count). The second-order valence-corrected chi connectivity index (χ2v) is 7.09. The van der Waals surface area contributed by atoms with E-state index >= 15 is 0 Å². The third kappa shape index (κ3) is 4.84. The number of carbonyl (C=O) groups is 1. The van der Waals surface area contributed by atoms with Crippen molar-refractivity contribution in [1.29, 1.82) is 0 Å². The zero-order valence-corrected chi connectivity index (χ0v) is 16.2. The summed E-state index contributed by atoms with van der Waals surface area (Å²) in [6, 6.07) is 19.8. The zero-order valence-electron chi connectivity index (χ0n) is 16.2. The Morgan fingerprint density at radius 1 is 0.931 bits per heavy atom. The summed E-state index contributed by atoms with van der Waals surface area (Å²) >= 11 is 0. The van der Waals surface area contributed by atoms with Gasteiger partial charge in [0.25, 0.3) is 5.91 Å². The number of furan rings is 1. The fourth-order valence-corrected chi connectivity index (χ4v) is 3.51. The number of piperazine rings is 1. The number of benzene rings is 2. The van der Waals surface area contributed by atoms with Crippen LogP contribution in [0.2, 0.25) is 0 Å². The molecule has 0 bridgehead atoms. The summed E-state index contributed by atoms with van der Waals surface area (Å²) in [6.45, 7) is 5.28. The summed E-state index contributed by atoms with van der Waals surface area (Å²) in [6.07, 6.45) is 0. The number of nitrogens with one attached hydrogen (secondary N) is 1. The monoisotopic (exact) mass is 393 g/mol. The molecule has 0 spiro atoms. The van der Waals surface area contributed by atoms with Crippen LogP contribution in [0, 0.1) is 5.82 Å². The maximum Gasteiger partial charge on any atom is 0.287 e. The minimum Gasteiger partial charge on any atom is -0.451 e. The Morgan fingerprint density at radius 2 is 1.66 bits per heavy atom. The first kappa shape index (κ1) is 19.2. The van der Waals surface area contributed by atoms with Crippen molar-refractivity contribution >= 4 is 11.6 Å².